The van der Waals surface area contributed by atoms with Gasteiger partial charge in [-0.1, -0.05) is 30.3 Å². The molecule has 0 fully saturated rings. The highest BCUT2D eigenvalue weighted by Crippen LogP contribution is 2.31. The van der Waals surface area contributed by atoms with E-state index in [9.17, 15) is 0 Å². The van der Waals surface area contributed by atoms with Crippen molar-refractivity contribution in [1.82, 2.24) is 15.0 Å². The summed E-state index contributed by atoms with van der Waals surface area (Å²) in [6, 6.07) is 13.8. The van der Waals surface area contributed by atoms with Gasteiger partial charge in [0, 0.05) is 28.6 Å². The summed E-state index contributed by atoms with van der Waals surface area (Å²) in [6.45, 7) is 1.97. The van der Waals surface area contributed by atoms with E-state index in [0.29, 0.717) is 5.82 Å². The number of nitrogens with zero attached hydrogens (tertiary/aromatic N) is 3. The molecule has 0 radical (unpaired) electrons. The molecule has 0 aliphatic heterocycles. The van der Waals surface area contributed by atoms with Crippen LogP contribution in [-0.4, -0.2) is 15.0 Å². The zero-order chi connectivity index (χ0) is 13.9. The van der Waals surface area contributed by atoms with Gasteiger partial charge in [-0.05, 0) is 19.1 Å². The molecule has 3 aromatic rings. The first-order valence-corrected chi connectivity index (χ1v) is 6.34. The van der Waals surface area contributed by atoms with Gasteiger partial charge in [0.1, 0.15) is 12.1 Å². The second-order valence-corrected chi connectivity index (χ2v) is 4.52. The Morgan fingerprint density at radius 2 is 1.65 bits per heavy atom. The summed E-state index contributed by atoms with van der Waals surface area (Å²) in [5.41, 5.74) is 10.5. The normalized spacial score (nSPS) is 10.4. The lowest BCUT2D eigenvalue weighted by atomic mass is 9.99. The number of rotatable bonds is 2. The lowest BCUT2D eigenvalue weighted by Crippen LogP contribution is -1.97. The molecule has 4 nitrogen and oxygen atoms in total. The van der Waals surface area contributed by atoms with Crippen molar-refractivity contribution >= 4 is 5.82 Å². The van der Waals surface area contributed by atoms with E-state index in [1.165, 1.54) is 0 Å². The first-order valence-electron chi connectivity index (χ1n) is 6.34. The molecule has 0 unspecified atom stereocenters. The standard InChI is InChI=1S/C16H14N4/c1-11-15(13-7-8-14(17)18-9-13)16(20-10-19-11)12-5-3-2-4-6-12/h2-10H,1H3,(H2,17,18). The van der Waals surface area contributed by atoms with Crippen LogP contribution in [0.25, 0.3) is 22.4 Å². The van der Waals surface area contributed by atoms with Gasteiger partial charge in [0.05, 0.1) is 5.69 Å². The summed E-state index contributed by atoms with van der Waals surface area (Å²) in [5, 5.41) is 0. The zero-order valence-corrected chi connectivity index (χ0v) is 11.1. The molecule has 1 aromatic carbocycles. The van der Waals surface area contributed by atoms with Crippen LogP contribution in [-0.2, 0) is 0 Å². The number of nitrogen functional groups attached to an aromatic ring is 1. The maximum absolute atomic E-state index is 5.65. The van der Waals surface area contributed by atoms with Crippen LogP contribution in [0.1, 0.15) is 5.69 Å². The Kier molecular flexibility index (Phi) is 3.13. The minimum atomic E-state index is 0.504. The minimum Gasteiger partial charge on any atom is -0.384 e. The van der Waals surface area contributed by atoms with Crippen LogP contribution in [0.5, 0.6) is 0 Å². The molecule has 2 aromatic heterocycles. The molecule has 0 bridgehead atoms. The van der Waals surface area contributed by atoms with Crippen molar-refractivity contribution < 1.29 is 0 Å². The molecule has 98 valence electrons. The fraction of sp³-hybridized carbons (Fsp3) is 0.0625. The second kappa shape index (κ2) is 5.09. The first kappa shape index (κ1) is 12.3. The lowest BCUT2D eigenvalue weighted by Gasteiger charge is -2.11. The van der Waals surface area contributed by atoms with Gasteiger partial charge in [0.2, 0.25) is 0 Å². The number of hydrogen-bond acceptors (Lipinski definition) is 4. The van der Waals surface area contributed by atoms with E-state index in [1.54, 1.807) is 18.6 Å². The van der Waals surface area contributed by atoms with E-state index in [-0.39, 0.29) is 0 Å². The smallest absolute Gasteiger partial charge is 0.123 e. The van der Waals surface area contributed by atoms with Gasteiger partial charge in [-0.25, -0.2) is 15.0 Å². The molecule has 3 rings (SSSR count). The third-order valence-corrected chi connectivity index (χ3v) is 3.16. The van der Waals surface area contributed by atoms with E-state index < -0.39 is 0 Å². The van der Waals surface area contributed by atoms with Crippen LogP contribution in [0.3, 0.4) is 0 Å². The first-order chi connectivity index (χ1) is 9.75. The van der Waals surface area contributed by atoms with E-state index in [4.69, 9.17) is 5.73 Å². The Bertz CT molecular complexity index is 721. The van der Waals surface area contributed by atoms with Crippen LogP contribution in [0, 0.1) is 6.92 Å². The molecule has 0 atom stereocenters. The van der Waals surface area contributed by atoms with Gasteiger partial charge >= 0.3 is 0 Å². The molecular weight excluding hydrogens is 248 g/mol. The Morgan fingerprint density at radius 3 is 2.35 bits per heavy atom. The highest BCUT2D eigenvalue weighted by Gasteiger charge is 2.12. The van der Waals surface area contributed by atoms with Gasteiger partial charge in [-0.15, -0.1) is 0 Å². The maximum Gasteiger partial charge on any atom is 0.123 e. The van der Waals surface area contributed by atoms with Crippen LogP contribution in [0.2, 0.25) is 0 Å². The van der Waals surface area contributed by atoms with Crippen LogP contribution in [0.15, 0.2) is 55.0 Å². The van der Waals surface area contributed by atoms with Crippen molar-refractivity contribution in [2.45, 2.75) is 6.92 Å². The molecule has 20 heavy (non-hydrogen) atoms. The summed E-state index contributed by atoms with van der Waals surface area (Å²) < 4.78 is 0. The molecule has 0 saturated heterocycles. The third kappa shape index (κ3) is 2.23. The number of aryl methyl sites for hydroxylation is 1. The van der Waals surface area contributed by atoms with Crippen molar-refractivity contribution in [3.8, 4) is 22.4 Å². The summed E-state index contributed by atoms with van der Waals surface area (Å²) in [6.07, 6.45) is 3.35. The van der Waals surface area contributed by atoms with E-state index in [0.717, 1.165) is 28.1 Å². The highest BCUT2D eigenvalue weighted by atomic mass is 14.8. The minimum absolute atomic E-state index is 0.504. The topological polar surface area (TPSA) is 64.7 Å². The van der Waals surface area contributed by atoms with Crippen molar-refractivity contribution in [3.63, 3.8) is 0 Å². The van der Waals surface area contributed by atoms with Gasteiger partial charge in [0.25, 0.3) is 0 Å². The zero-order valence-electron chi connectivity index (χ0n) is 11.1. The van der Waals surface area contributed by atoms with Crippen LogP contribution < -0.4 is 5.73 Å². The average molecular weight is 262 g/mol. The quantitative estimate of drug-likeness (QED) is 0.770. The van der Waals surface area contributed by atoms with Gasteiger partial charge < -0.3 is 5.73 Å². The number of benzene rings is 1. The van der Waals surface area contributed by atoms with E-state index in [1.807, 2.05) is 43.3 Å². The molecule has 0 aliphatic rings. The molecule has 0 saturated carbocycles. The molecule has 0 aliphatic carbocycles. The highest BCUT2D eigenvalue weighted by molar-refractivity contribution is 5.81. The predicted octanol–water partition coefficient (Wildman–Crippen LogP) is 3.10. The Labute approximate surface area is 117 Å². The summed E-state index contributed by atoms with van der Waals surface area (Å²) in [5.74, 6) is 0.504. The summed E-state index contributed by atoms with van der Waals surface area (Å²) in [7, 11) is 0. The van der Waals surface area contributed by atoms with E-state index in [2.05, 4.69) is 15.0 Å². The molecule has 0 amide bonds. The lowest BCUT2D eigenvalue weighted by molar-refractivity contribution is 1.11. The Morgan fingerprint density at radius 1 is 0.850 bits per heavy atom. The molecule has 0 spiro atoms. The number of aromatic nitrogens is 3. The number of pyridine rings is 1. The predicted molar refractivity (Wildman–Crippen MR) is 79.8 cm³/mol. The van der Waals surface area contributed by atoms with Crippen molar-refractivity contribution in [2.24, 2.45) is 0 Å². The van der Waals surface area contributed by atoms with Crippen LogP contribution in [0.4, 0.5) is 5.82 Å². The molecule has 2 N–H and O–H groups in total. The largest absolute Gasteiger partial charge is 0.384 e. The second-order valence-electron chi connectivity index (χ2n) is 4.52. The van der Waals surface area contributed by atoms with E-state index >= 15 is 0 Å². The SMILES string of the molecule is Cc1ncnc(-c2ccccc2)c1-c1ccc(N)nc1. The summed E-state index contributed by atoms with van der Waals surface area (Å²) in [4.78, 5) is 12.9. The number of hydrogen-bond donors (Lipinski definition) is 1. The maximum atomic E-state index is 5.65. The van der Waals surface area contributed by atoms with Crippen molar-refractivity contribution in [2.75, 3.05) is 5.73 Å². The van der Waals surface area contributed by atoms with Gasteiger partial charge in [0.15, 0.2) is 0 Å². The fourth-order valence-electron chi connectivity index (χ4n) is 2.19. The van der Waals surface area contributed by atoms with Crippen LogP contribution >= 0.6 is 0 Å². The molecular formula is C16H14N4. The van der Waals surface area contributed by atoms with Gasteiger partial charge in [-0.3, -0.25) is 0 Å². The monoisotopic (exact) mass is 262 g/mol. The van der Waals surface area contributed by atoms with Crippen molar-refractivity contribution in [1.29, 1.82) is 0 Å². The van der Waals surface area contributed by atoms with Crippen molar-refractivity contribution in [3.05, 3.63) is 60.7 Å². The third-order valence-electron chi connectivity index (χ3n) is 3.16. The van der Waals surface area contributed by atoms with Gasteiger partial charge in [-0.2, -0.15) is 0 Å². The number of nitrogens with two attached hydrogens (primary N) is 1. The Hall–Kier alpha value is -2.75. The Balaban J connectivity index is 2.22. The summed E-state index contributed by atoms with van der Waals surface area (Å²) >= 11 is 0. The molecule has 2 heterocycles. The average Bonchev–Trinajstić information content (AvgIpc) is 2.49. The fourth-order valence-corrected chi connectivity index (χ4v) is 2.19. The number of anilines is 1. The molecule has 4 heteroatoms.